The summed E-state index contributed by atoms with van der Waals surface area (Å²) in [6.45, 7) is 8.01. The van der Waals surface area contributed by atoms with Gasteiger partial charge < -0.3 is 9.80 Å². The van der Waals surface area contributed by atoms with Crippen molar-refractivity contribution in [3.05, 3.63) is 53.8 Å². The number of benzene rings is 1. The van der Waals surface area contributed by atoms with Gasteiger partial charge in [-0.15, -0.1) is 0 Å². The van der Waals surface area contributed by atoms with Gasteiger partial charge in [-0.05, 0) is 50.9 Å². The molecule has 0 aromatic heterocycles. The number of rotatable bonds is 5. The van der Waals surface area contributed by atoms with Crippen LogP contribution in [0.15, 0.2) is 47.7 Å². The highest BCUT2D eigenvalue weighted by Gasteiger charge is 2.09. The second-order valence-corrected chi connectivity index (χ2v) is 5.69. The van der Waals surface area contributed by atoms with Crippen molar-refractivity contribution in [3.63, 3.8) is 0 Å². The van der Waals surface area contributed by atoms with E-state index in [0.29, 0.717) is 0 Å². The van der Waals surface area contributed by atoms with Crippen LogP contribution in [-0.4, -0.2) is 44.8 Å². The van der Waals surface area contributed by atoms with Crippen molar-refractivity contribution in [3.8, 4) is 0 Å². The third-order valence-electron chi connectivity index (χ3n) is 3.55. The zero-order chi connectivity index (χ0) is 15.4. The van der Waals surface area contributed by atoms with Crippen molar-refractivity contribution in [1.82, 2.24) is 10.3 Å². The van der Waals surface area contributed by atoms with Gasteiger partial charge in [-0.25, -0.2) is 0 Å². The molecule has 2 rings (SSSR count). The molecule has 0 atom stereocenters. The average Bonchev–Trinajstić information content (AvgIpc) is 2.45. The van der Waals surface area contributed by atoms with Crippen LogP contribution in [0.5, 0.6) is 0 Å². The Kier molecular flexibility index (Phi) is 4.81. The van der Waals surface area contributed by atoms with Crippen molar-refractivity contribution in [1.29, 1.82) is 0 Å². The summed E-state index contributed by atoms with van der Waals surface area (Å²) in [5, 5.41) is 4.32. The first-order valence-electron chi connectivity index (χ1n) is 7.15. The third kappa shape index (κ3) is 3.95. The van der Waals surface area contributed by atoms with Crippen molar-refractivity contribution < 1.29 is 0 Å². The summed E-state index contributed by atoms with van der Waals surface area (Å²) < 4.78 is 0. The fraction of sp³-hybridized carbons (Fsp3) is 0.353. The van der Waals surface area contributed by atoms with Crippen LogP contribution < -0.4 is 10.3 Å². The molecule has 0 spiro atoms. The number of allylic oxidation sites excluding steroid dienone is 2. The van der Waals surface area contributed by atoms with E-state index in [1.54, 1.807) is 0 Å². The molecule has 4 nitrogen and oxygen atoms in total. The van der Waals surface area contributed by atoms with E-state index in [-0.39, 0.29) is 0 Å². The summed E-state index contributed by atoms with van der Waals surface area (Å²) in [4.78, 5) is 4.48. The molecule has 0 saturated heterocycles. The topological polar surface area (TPSA) is 30.9 Å². The van der Waals surface area contributed by atoms with Crippen molar-refractivity contribution in [2.45, 2.75) is 6.92 Å². The van der Waals surface area contributed by atoms with Crippen LogP contribution in [0.25, 0.3) is 0 Å². The summed E-state index contributed by atoms with van der Waals surface area (Å²) >= 11 is 0. The van der Waals surface area contributed by atoms with Gasteiger partial charge in [0.05, 0.1) is 5.71 Å². The number of hydrogen-bond donors (Lipinski definition) is 1. The first-order valence-corrected chi connectivity index (χ1v) is 7.15. The number of hydrazone groups is 1. The molecule has 1 aromatic rings. The zero-order valence-corrected chi connectivity index (χ0v) is 13.3. The highest BCUT2D eigenvalue weighted by molar-refractivity contribution is 6.09. The lowest BCUT2D eigenvalue weighted by molar-refractivity contribution is 0.416. The molecular formula is C17H24N4. The van der Waals surface area contributed by atoms with Crippen LogP contribution in [0, 0.1) is 6.92 Å². The molecule has 1 N–H and O–H groups in total. The summed E-state index contributed by atoms with van der Waals surface area (Å²) in [5.74, 6) is 0. The van der Waals surface area contributed by atoms with Gasteiger partial charge >= 0.3 is 0 Å². The standard InChI is InChI=1S/C17H24N4/c1-13-12-15(16-8-6-14(2)18-19-16)7-9-17(13)21(5)11-10-20(3)4/h6-9,12,18H,2,10-11H2,1,3-5H3. The predicted molar refractivity (Wildman–Crippen MR) is 91.0 cm³/mol. The van der Waals surface area contributed by atoms with Crippen LogP contribution in [0.3, 0.4) is 0 Å². The van der Waals surface area contributed by atoms with Crippen LogP contribution in [0.4, 0.5) is 5.69 Å². The number of hydrogen-bond acceptors (Lipinski definition) is 4. The van der Waals surface area contributed by atoms with Crippen molar-refractivity contribution in [2.75, 3.05) is 39.1 Å². The van der Waals surface area contributed by atoms with Gasteiger partial charge in [0.25, 0.3) is 0 Å². The van der Waals surface area contributed by atoms with Crippen LogP contribution in [0.1, 0.15) is 11.1 Å². The third-order valence-corrected chi connectivity index (χ3v) is 3.55. The molecule has 0 aliphatic carbocycles. The second-order valence-electron chi connectivity index (χ2n) is 5.69. The molecule has 21 heavy (non-hydrogen) atoms. The van der Waals surface area contributed by atoms with E-state index in [4.69, 9.17) is 0 Å². The average molecular weight is 284 g/mol. The minimum atomic E-state index is 0.815. The fourth-order valence-corrected chi connectivity index (χ4v) is 2.26. The van der Waals surface area contributed by atoms with Crippen LogP contribution in [0.2, 0.25) is 0 Å². The maximum atomic E-state index is 4.32. The molecule has 1 aliphatic rings. The predicted octanol–water partition coefficient (Wildman–Crippen LogP) is 2.37. The Bertz CT molecular complexity index is 584. The Morgan fingerprint density at radius 2 is 1.90 bits per heavy atom. The number of likely N-dealkylation sites (N-methyl/N-ethyl adjacent to an activating group) is 2. The van der Waals surface area contributed by atoms with E-state index in [1.165, 1.54) is 11.3 Å². The number of nitrogens with one attached hydrogen (secondary N) is 1. The van der Waals surface area contributed by atoms with Gasteiger partial charge in [-0.1, -0.05) is 12.6 Å². The Hall–Kier alpha value is -2.07. The number of anilines is 1. The maximum Gasteiger partial charge on any atom is 0.0906 e. The van der Waals surface area contributed by atoms with Crippen molar-refractivity contribution >= 4 is 11.4 Å². The second kappa shape index (κ2) is 6.59. The molecule has 0 saturated carbocycles. The van der Waals surface area contributed by atoms with Gasteiger partial charge in [0.15, 0.2) is 0 Å². The molecule has 1 heterocycles. The van der Waals surface area contributed by atoms with Crippen LogP contribution in [-0.2, 0) is 0 Å². The SMILES string of the molecule is C=C1C=CC(c2ccc(N(C)CCN(C)C)c(C)c2)=NN1. The molecule has 1 aliphatic heterocycles. The normalized spacial score (nSPS) is 14.1. The minimum Gasteiger partial charge on any atom is -0.373 e. The first kappa shape index (κ1) is 15.3. The number of nitrogens with zero attached hydrogens (tertiary/aromatic N) is 3. The molecule has 0 bridgehead atoms. The Labute approximate surface area is 127 Å². The Morgan fingerprint density at radius 1 is 1.14 bits per heavy atom. The summed E-state index contributed by atoms with van der Waals surface area (Å²) in [5.41, 5.74) is 8.30. The molecule has 0 radical (unpaired) electrons. The largest absolute Gasteiger partial charge is 0.373 e. The smallest absolute Gasteiger partial charge is 0.0906 e. The van der Waals surface area contributed by atoms with Gasteiger partial charge in [0.1, 0.15) is 0 Å². The Balaban J connectivity index is 2.14. The number of aryl methyl sites for hydroxylation is 1. The van der Waals surface area contributed by atoms with E-state index < -0.39 is 0 Å². The minimum absolute atomic E-state index is 0.815. The van der Waals surface area contributed by atoms with E-state index in [9.17, 15) is 0 Å². The van der Waals surface area contributed by atoms with Gasteiger partial charge in [0.2, 0.25) is 0 Å². The maximum absolute atomic E-state index is 4.32. The van der Waals surface area contributed by atoms with Gasteiger partial charge in [-0.3, -0.25) is 5.43 Å². The van der Waals surface area contributed by atoms with E-state index >= 15 is 0 Å². The molecular weight excluding hydrogens is 260 g/mol. The molecule has 1 aromatic carbocycles. The molecule has 4 heteroatoms. The van der Waals surface area contributed by atoms with E-state index in [1.807, 2.05) is 12.2 Å². The summed E-state index contributed by atoms with van der Waals surface area (Å²) in [6.07, 6.45) is 3.93. The van der Waals surface area contributed by atoms with Crippen LogP contribution >= 0.6 is 0 Å². The van der Waals surface area contributed by atoms with E-state index in [0.717, 1.165) is 30.1 Å². The molecule has 0 amide bonds. The highest BCUT2D eigenvalue weighted by Crippen LogP contribution is 2.21. The highest BCUT2D eigenvalue weighted by atomic mass is 15.3. The fourth-order valence-electron chi connectivity index (χ4n) is 2.26. The summed E-state index contributed by atoms with van der Waals surface area (Å²) in [7, 11) is 6.32. The van der Waals surface area contributed by atoms with Gasteiger partial charge in [-0.2, -0.15) is 5.10 Å². The van der Waals surface area contributed by atoms with Gasteiger partial charge in [0, 0.05) is 37.1 Å². The van der Waals surface area contributed by atoms with E-state index in [2.05, 4.69) is 73.2 Å². The first-order chi connectivity index (χ1) is 9.97. The lowest BCUT2D eigenvalue weighted by Crippen LogP contribution is -2.28. The zero-order valence-electron chi connectivity index (χ0n) is 13.3. The monoisotopic (exact) mass is 284 g/mol. The lowest BCUT2D eigenvalue weighted by atomic mass is 10.0. The Morgan fingerprint density at radius 3 is 2.48 bits per heavy atom. The molecule has 112 valence electrons. The summed E-state index contributed by atoms with van der Waals surface area (Å²) in [6, 6.07) is 6.47. The lowest BCUT2D eigenvalue weighted by Gasteiger charge is -2.24. The quantitative estimate of drug-likeness (QED) is 0.900. The molecule has 0 unspecified atom stereocenters. The molecule has 0 fully saturated rings. The van der Waals surface area contributed by atoms with Crippen molar-refractivity contribution in [2.24, 2.45) is 5.10 Å².